The van der Waals surface area contributed by atoms with Crippen molar-refractivity contribution in [3.63, 3.8) is 0 Å². The Bertz CT molecular complexity index is 535. The van der Waals surface area contributed by atoms with E-state index in [1.807, 2.05) is 24.3 Å². The highest BCUT2D eigenvalue weighted by Crippen LogP contribution is 2.17. The van der Waals surface area contributed by atoms with E-state index in [1.165, 1.54) is 4.90 Å². The predicted molar refractivity (Wildman–Crippen MR) is 102 cm³/mol. The van der Waals surface area contributed by atoms with Gasteiger partial charge in [0.2, 0.25) is 5.91 Å². The molecule has 0 bridgehead atoms. The van der Waals surface area contributed by atoms with Crippen molar-refractivity contribution < 1.29 is 9.53 Å². The fourth-order valence-electron chi connectivity index (χ4n) is 1.96. The Morgan fingerprint density at radius 1 is 1.25 bits per heavy atom. The van der Waals surface area contributed by atoms with E-state index in [4.69, 9.17) is 4.74 Å². The van der Waals surface area contributed by atoms with Crippen LogP contribution in [0.25, 0.3) is 0 Å². The van der Waals surface area contributed by atoms with Gasteiger partial charge in [-0.3, -0.25) is 4.79 Å². The number of nitrogens with one attached hydrogen (secondary N) is 2. The van der Waals surface area contributed by atoms with Crippen molar-refractivity contribution in [1.29, 1.82) is 0 Å². The van der Waals surface area contributed by atoms with E-state index in [2.05, 4.69) is 21.9 Å². The molecule has 0 aliphatic carbocycles. The first-order chi connectivity index (χ1) is 11.6. The number of benzene rings is 1. The molecule has 0 aliphatic rings. The minimum atomic E-state index is -0.0225. The molecular weight excluding hydrogens is 324 g/mol. The highest BCUT2D eigenvalue weighted by molar-refractivity contribution is 7.98. The van der Waals surface area contributed by atoms with E-state index < -0.39 is 0 Å². The van der Waals surface area contributed by atoms with Crippen molar-refractivity contribution in [2.45, 2.75) is 6.42 Å². The van der Waals surface area contributed by atoms with Gasteiger partial charge in [-0.15, -0.1) is 0 Å². The third kappa shape index (κ3) is 7.59. The Morgan fingerprint density at radius 3 is 2.62 bits per heavy atom. The molecule has 0 fully saturated rings. The van der Waals surface area contributed by atoms with Crippen LogP contribution in [0.1, 0.15) is 5.56 Å². The molecule has 0 heterocycles. The zero-order chi connectivity index (χ0) is 17.8. The Morgan fingerprint density at radius 2 is 1.96 bits per heavy atom. The predicted octanol–water partition coefficient (Wildman–Crippen LogP) is 1.22. The summed E-state index contributed by atoms with van der Waals surface area (Å²) in [6.45, 7) is 1.65. The summed E-state index contributed by atoms with van der Waals surface area (Å²) in [6.07, 6.45) is 2.87. The molecule has 1 amide bonds. The van der Waals surface area contributed by atoms with Gasteiger partial charge in [-0.25, -0.2) is 4.99 Å². The van der Waals surface area contributed by atoms with Crippen LogP contribution in [0.2, 0.25) is 0 Å². The fourth-order valence-corrected chi connectivity index (χ4v) is 2.27. The number of para-hydroxylation sites is 1. The van der Waals surface area contributed by atoms with Gasteiger partial charge in [0.05, 0.1) is 7.11 Å². The lowest BCUT2D eigenvalue weighted by Gasteiger charge is -2.14. The Labute approximate surface area is 149 Å². The number of likely N-dealkylation sites (N-methyl/N-ethyl adjacent to an activating group) is 1. The van der Waals surface area contributed by atoms with Crippen molar-refractivity contribution in [3.05, 3.63) is 29.8 Å². The average molecular weight is 353 g/mol. The monoisotopic (exact) mass is 352 g/mol. The van der Waals surface area contributed by atoms with Crippen LogP contribution < -0.4 is 15.4 Å². The summed E-state index contributed by atoms with van der Waals surface area (Å²) >= 11 is 1.76. The first-order valence-electron chi connectivity index (χ1n) is 7.91. The molecule has 24 heavy (non-hydrogen) atoms. The largest absolute Gasteiger partial charge is 0.496 e. The second-order valence-electron chi connectivity index (χ2n) is 5.36. The minimum Gasteiger partial charge on any atom is -0.496 e. The number of ether oxygens (including phenoxy) is 1. The topological polar surface area (TPSA) is 66.0 Å². The van der Waals surface area contributed by atoms with E-state index in [9.17, 15) is 4.79 Å². The number of aliphatic imine (C=N–C) groups is 1. The summed E-state index contributed by atoms with van der Waals surface area (Å²) in [5.41, 5.74) is 1.14. The number of hydrogen-bond donors (Lipinski definition) is 2. The Hall–Kier alpha value is -1.89. The van der Waals surface area contributed by atoms with Crippen molar-refractivity contribution in [1.82, 2.24) is 15.5 Å². The number of rotatable bonds is 9. The van der Waals surface area contributed by atoms with Gasteiger partial charge in [0.15, 0.2) is 5.96 Å². The Balaban J connectivity index is 2.57. The van der Waals surface area contributed by atoms with Crippen molar-refractivity contribution in [2.75, 3.05) is 52.8 Å². The standard InChI is InChI=1S/C17H28N4O2S/c1-21(2)16(22)13-20-17(19-11-12-24-4)18-10-9-14-7-5-6-8-15(14)23-3/h5-8H,9-13H2,1-4H3,(H2,18,19,20). The van der Waals surface area contributed by atoms with E-state index in [-0.39, 0.29) is 12.5 Å². The maximum Gasteiger partial charge on any atom is 0.243 e. The summed E-state index contributed by atoms with van der Waals surface area (Å²) in [6, 6.07) is 7.96. The highest BCUT2D eigenvalue weighted by Gasteiger charge is 2.05. The van der Waals surface area contributed by atoms with Crippen molar-refractivity contribution in [3.8, 4) is 5.75 Å². The van der Waals surface area contributed by atoms with Crippen LogP contribution >= 0.6 is 11.8 Å². The SMILES string of the molecule is COc1ccccc1CCNC(=NCC(=O)N(C)C)NCCSC. The average Bonchev–Trinajstić information content (AvgIpc) is 2.59. The van der Waals surface area contributed by atoms with Crippen molar-refractivity contribution in [2.24, 2.45) is 4.99 Å². The van der Waals surface area contributed by atoms with E-state index >= 15 is 0 Å². The van der Waals surface area contributed by atoms with Gasteiger partial charge >= 0.3 is 0 Å². The summed E-state index contributed by atoms with van der Waals surface area (Å²) in [4.78, 5) is 17.6. The second-order valence-corrected chi connectivity index (χ2v) is 6.35. The third-order valence-electron chi connectivity index (χ3n) is 3.35. The number of hydrogen-bond acceptors (Lipinski definition) is 4. The molecule has 134 valence electrons. The van der Waals surface area contributed by atoms with E-state index in [1.54, 1.807) is 33.0 Å². The first kappa shape index (κ1) is 20.2. The molecule has 0 aliphatic heterocycles. The summed E-state index contributed by atoms with van der Waals surface area (Å²) in [5.74, 6) is 2.50. The van der Waals surface area contributed by atoms with Gasteiger partial charge in [0, 0.05) is 32.9 Å². The molecule has 1 rings (SSSR count). The maximum absolute atomic E-state index is 11.7. The lowest BCUT2D eigenvalue weighted by atomic mass is 10.1. The van der Waals surface area contributed by atoms with Gasteiger partial charge in [0.25, 0.3) is 0 Å². The molecule has 0 atom stereocenters. The van der Waals surface area contributed by atoms with E-state index in [0.29, 0.717) is 12.5 Å². The number of nitrogens with zero attached hydrogens (tertiary/aromatic N) is 2. The molecule has 1 aromatic rings. The molecule has 0 radical (unpaired) electrons. The zero-order valence-corrected chi connectivity index (χ0v) is 15.8. The van der Waals surface area contributed by atoms with E-state index in [0.717, 1.165) is 30.0 Å². The van der Waals surface area contributed by atoms with Crippen LogP contribution in [0.15, 0.2) is 29.3 Å². The van der Waals surface area contributed by atoms with Gasteiger partial charge in [-0.05, 0) is 24.3 Å². The van der Waals surface area contributed by atoms with Gasteiger partial charge in [-0.2, -0.15) is 11.8 Å². The molecule has 6 nitrogen and oxygen atoms in total. The number of thioether (sulfide) groups is 1. The highest BCUT2D eigenvalue weighted by atomic mass is 32.2. The zero-order valence-electron chi connectivity index (χ0n) is 15.0. The lowest BCUT2D eigenvalue weighted by Crippen LogP contribution is -2.40. The number of methoxy groups -OCH3 is 1. The smallest absolute Gasteiger partial charge is 0.243 e. The van der Waals surface area contributed by atoms with Crippen LogP contribution in [0.3, 0.4) is 0 Å². The number of guanidine groups is 1. The Kier molecular flexibility index (Phi) is 9.76. The lowest BCUT2D eigenvalue weighted by molar-refractivity contribution is -0.127. The first-order valence-corrected chi connectivity index (χ1v) is 9.31. The molecule has 0 saturated heterocycles. The van der Waals surface area contributed by atoms with Crippen LogP contribution in [0.5, 0.6) is 5.75 Å². The number of amides is 1. The van der Waals surface area contributed by atoms with Gasteiger partial charge < -0.3 is 20.3 Å². The van der Waals surface area contributed by atoms with Gasteiger partial charge in [0.1, 0.15) is 12.3 Å². The van der Waals surface area contributed by atoms with Crippen molar-refractivity contribution >= 4 is 23.6 Å². The molecule has 2 N–H and O–H groups in total. The van der Waals surface area contributed by atoms with Crippen LogP contribution in [-0.2, 0) is 11.2 Å². The minimum absolute atomic E-state index is 0.0225. The molecule has 0 saturated carbocycles. The van der Waals surface area contributed by atoms with Crippen LogP contribution in [0.4, 0.5) is 0 Å². The van der Waals surface area contributed by atoms with Crippen LogP contribution in [0, 0.1) is 0 Å². The normalized spacial score (nSPS) is 11.1. The molecule has 0 spiro atoms. The summed E-state index contributed by atoms with van der Waals surface area (Å²) < 4.78 is 5.36. The maximum atomic E-state index is 11.7. The molecule has 0 aromatic heterocycles. The molecule has 7 heteroatoms. The number of carbonyl (C=O) groups is 1. The van der Waals surface area contributed by atoms with Crippen LogP contribution in [-0.4, -0.2) is 69.6 Å². The number of carbonyl (C=O) groups excluding carboxylic acids is 1. The quantitative estimate of drug-likeness (QED) is 0.397. The summed E-state index contributed by atoms with van der Waals surface area (Å²) in [7, 11) is 5.14. The van der Waals surface area contributed by atoms with Gasteiger partial charge in [-0.1, -0.05) is 18.2 Å². The molecular formula is C17H28N4O2S. The fraction of sp³-hybridized carbons (Fsp3) is 0.529. The molecule has 1 aromatic carbocycles. The molecule has 0 unspecified atom stereocenters. The third-order valence-corrected chi connectivity index (χ3v) is 3.96. The summed E-state index contributed by atoms with van der Waals surface area (Å²) in [5, 5.41) is 6.52. The second kappa shape index (κ2) is 11.6.